The van der Waals surface area contributed by atoms with Gasteiger partial charge in [0.2, 0.25) is 0 Å². The van der Waals surface area contributed by atoms with Crippen LogP contribution in [0.5, 0.6) is 0 Å². The predicted molar refractivity (Wildman–Crippen MR) is 138 cm³/mol. The van der Waals surface area contributed by atoms with E-state index in [1.54, 1.807) is 60.7 Å². The predicted octanol–water partition coefficient (Wildman–Crippen LogP) is 5.98. The van der Waals surface area contributed by atoms with Gasteiger partial charge in [-0.3, -0.25) is 19.8 Å². The fourth-order valence-electron chi connectivity index (χ4n) is 3.30. The quantitative estimate of drug-likeness (QED) is 0.268. The number of aryl methyl sites for hydroxylation is 1. The molecule has 172 valence electrons. The van der Waals surface area contributed by atoms with E-state index in [9.17, 15) is 14.4 Å². The van der Waals surface area contributed by atoms with E-state index >= 15 is 0 Å². The molecule has 3 amide bonds. The van der Waals surface area contributed by atoms with Gasteiger partial charge in [-0.1, -0.05) is 39.1 Å². The average Bonchev–Trinajstić information content (AvgIpc) is 3.14. The van der Waals surface area contributed by atoms with Gasteiger partial charge in [-0.05, 0) is 79.2 Å². The Hall–Kier alpha value is -3.33. The monoisotopic (exact) mass is 558 g/mol. The highest BCUT2D eigenvalue weighted by Crippen LogP contribution is 2.25. The first-order valence-electron chi connectivity index (χ1n) is 9.97. The van der Waals surface area contributed by atoms with Crippen LogP contribution in [-0.4, -0.2) is 22.4 Å². The maximum Gasteiger partial charge on any atom is 0.328 e. The van der Waals surface area contributed by atoms with Gasteiger partial charge in [0, 0.05) is 31.3 Å². The molecule has 3 N–H and O–H groups in total. The van der Waals surface area contributed by atoms with Crippen LogP contribution < -0.4 is 16.1 Å². The van der Waals surface area contributed by atoms with Crippen molar-refractivity contribution >= 4 is 79.1 Å². The fourth-order valence-corrected chi connectivity index (χ4v) is 4.08. The molecule has 34 heavy (non-hydrogen) atoms. The second kappa shape index (κ2) is 9.89. The lowest BCUT2D eigenvalue weighted by atomic mass is 10.2. The Labute approximate surface area is 213 Å². The summed E-state index contributed by atoms with van der Waals surface area (Å²) < 4.78 is 2.14. The van der Waals surface area contributed by atoms with Gasteiger partial charge in [0.15, 0.2) is 0 Å². The molecule has 0 unspecified atom stereocenters. The van der Waals surface area contributed by atoms with E-state index in [2.05, 4.69) is 32.0 Å². The van der Waals surface area contributed by atoms with Crippen molar-refractivity contribution in [2.45, 2.75) is 6.92 Å². The lowest BCUT2D eigenvalue weighted by molar-refractivity contribution is -0.133. The normalized spacial score (nSPS) is 10.7. The third-order valence-electron chi connectivity index (χ3n) is 4.95. The number of rotatable bonds is 4. The Morgan fingerprint density at radius 2 is 1.53 bits per heavy atom. The van der Waals surface area contributed by atoms with Crippen LogP contribution in [0.15, 0.2) is 71.2 Å². The number of aromatic nitrogens is 1. The van der Waals surface area contributed by atoms with Crippen molar-refractivity contribution in [1.29, 1.82) is 0 Å². The molecule has 0 aliphatic heterocycles. The zero-order valence-electron chi connectivity index (χ0n) is 17.7. The molecule has 3 aromatic carbocycles. The number of carbonyl (C=O) groups excluding carboxylic acids is 3. The van der Waals surface area contributed by atoms with Crippen LogP contribution in [0.25, 0.3) is 10.9 Å². The van der Waals surface area contributed by atoms with E-state index in [-0.39, 0.29) is 5.69 Å². The van der Waals surface area contributed by atoms with Gasteiger partial charge < -0.3 is 10.6 Å². The highest BCUT2D eigenvalue weighted by molar-refractivity contribution is 9.10. The third kappa shape index (κ3) is 5.25. The lowest BCUT2D eigenvalue weighted by Crippen LogP contribution is -2.36. The Morgan fingerprint density at radius 1 is 0.824 bits per heavy atom. The maximum atomic E-state index is 13.2. The molecule has 1 aromatic heterocycles. The van der Waals surface area contributed by atoms with Crippen molar-refractivity contribution < 1.29 is 14.4 Å². The smallest absolute Gasteiger partial charge is 0.320 e. The summed E-state index contributed by atoms with van der Waals surface area (Å²) in [6, 6.07) is 18.3. The van der Waals surface area contributed by atoms with Gasteiger partial charge in [0.25, 0.3) is 5.91 Å². The van der Waals surface area contributed by atoms with Crippen LogP contribution in [-0.2, 0) is 9.59 Å². The molecule has 4 rings (SSSR count). The van der Waals surface area contributed by atoms with Crippen LogP contribution in [0.2, 0.25) is 10.0 Å². The van der Waals surface area contributed by atoms with Crippen LogP contribution in [0.4, 0.5) is 11.4 Å². The molecular formula is C24H17BrCl2N4O3. The minimum atomic E-state index is -0.962. The summed E-state index contributed by atoms with van der Waals surface area (Å²) in [5, 5.41) is 6.91. The van der Waals surface area contributed by atoms with Gasteiger partial charge >= 0.3 is 11.8 Å². The molecule has 10 heteroatoms. The summed E-state index contributed by atoms with van der Waals surface area (Å²) in [5.41, 5.74) is 4.97. The number of anilines is 2. The molecule has 7 nitrogen and oxygen atoms in total. The molecule has 0 saturated carbocycles. The number of hydrogen-bond donors (Lipinski definition) is 3. The molecule has 0 fully saturated rings. The van der Waals surface area contributed by atoms with Crippen molar-refractivity contribution in [3.63, 3.8) is 0 Å². The van der Waals surface area contributed by atoms with E-state index in [0.717, 1.165) is 10.0 Å². The molecule has 0 bridgehead atoms. The number of carbonyl (C=O) groups is 3. The summed E-state index contributed by atoms with van der Waals surface area (Å²) >= 11 is 15.4. The first-order chi connectivity index (χ1) is 16.2. The molecule has 0 saturated heterocycles. The van der Waals surface area contributed by atoms with Crippen molar-refractivity contribution in [1.82, 2.24) is 4.68 Å². The molecule has 0 aliphatic rings. The van der Waals surface area contributed by atoms with Gasteiger partial charge in [-0.2, -0.15) is 0 Å². The lowest BCUT2D eigenvalue weighted by Gasteiger charge is -2.13. The molecule has 4 aromatic rings. The van der Waals surface area contributed by atoms with Crippen molar-refractivity contribution in [2.24, 2.45) is 0 Å². The number of halogens is 3. The van der Waals surface area contributed by atoms with E-state index in [4.69, 9.17) is 23.2 Å². The Kier molecular flexibility index (Phi) is 6.92. The highest BCUT2D eigenvalue weighted by atomic mass is 79.9. The Morgan fingerprint density at radius 3 is 2.24 bits per heavy atom. The largest absolute Gasteiger partial charge is 0.328 e. The molecule has 0 atom stereocenters. The second-order valence-corrected chi connectivity index (χ2v) is 9.17. The van der Waals surface area contributed by atoms with Crippen LogP contribution >= 0.6 is 39.1 Å². The minimum absolute atomic E-state index is 0.118. The van der Waals surface area contributed by atoms with Gasteiger partial charge in [-0.15, -0.1) is 0 Å². The van der Waals surface area contributed by atoms with Gasteiger partial charge in [0.05, 0.1) is 5.52 Å². The second-order valence-electron chi connectivity index (χ2n) is 7.38. The van der Waals surface area contributed by atoms with Crippen LogP contribution in [0.1, 0.15) is 16.1 Å². The summed E-state index contributed by atoms with van der Waals surface area (Å²) in [5.74, 6) is -2.35. The van der Waals surface area contributed by atoms with Crippen LogP contribution in [0.3, 0.4) is 0 Å². The Bertz CT molecular complexity index is 1430. The van der Waals surface area contributed by atoms with E-state index in [1.165, 1.54) is 4.68 Å². The average molecular weight is 560 g/mol. The maximum absolute atomic E-state index is 13.2. The Balaban J connectivity index is 1.63. The zero-order chi connectivity index (χ0) is 24.4. The number of nitrogens with one attached hydrogen (secondary N) is 3. The number of amides is 3. The summed E-state index contributed by atoms with van der Waals surface area (Å²) in [6.45, 7) is 1.86. The molecule has 1 heterocycles. The summed E-state index contributed by atoms with van der Waals surface area (Å²) in [6.07, 6.45) is 0. The van der Waals surface area contributed by atoms with Crippen molar-refractivity contribution in [2.75, 3.05) is 16.1 Å². The topological polar surface area (TPSA) is 92.2 Å². The zero-order valence-corrected chi connectivity index (χ0v) is 20.8. The van der Waals surface area contributed by atoms with E-state index in [1.807, 2.05) is 13.0 Å². The summed E-state index contributed by atoms with van der Waals surface area (Å²) in [7, 11) is 0. The number of nitrogens with zero attached hydrogens (tertiary/aromatic N) is 1. The molecule has 0 spiro atoms. The number of benzene rings is 3. The third-order valence-corrected chi connectivity index (χ3v) is 5.93. The first-order valence-corrected chi connectivity index (χ1v) is 11.5. The molecule has 0 aliphatic carbocycles. The fraction of sp³-hybridized carbons (Fsp3) is 0.0417. The molecular weight excluding hydrogens is 543 g/mol. The number of fused-ring (bicyclic) bond motifs is 1. The first kappa shape index (κ1) is 23.8. The van der Waals surface area contributed by atoms with Crippen molar-refractivity contribution in [3.05, 3.63) is 92.5 Å². The molecule has 0 radical (unpaired) electrons. The van der Waals surface area contributed by atoms with E-state index in [0.29, 0.717) is 32.3 Å². The standard InChI is InChI=1S/C24H17BrCl2N4O3/c1-13-10-15(25)2-8-19(13)29-22(32)21-12-14-11-17(27)5-9-20(14)31(21)30-24(34)23(33)28-18-6-3-16(26)4-7-18/h2-12H,1H3,(H,28,33)(H,29,32)(H,30,34). The van der Waals surface area contributed by atoms with E-state index < -0.39 is 17.7 Å². The van der Waals surface area contributed by atoms with Gasteiger partial charge in [-0.25, -0.2) is 4.68 Å². The summed E-state index contributed by atoms with van der Waals surface area (Å²) in [4.78, 5) is 38.3. The van der Waals surface area contributed by atoms with Gasteiger partial charge in [0.1, 0.15) is 5.69 Å². The number of hydrogen-bond acceptors (Lipinski definition) is 3. The minimum Gasteiger partial charge on any atom is -0.320 e. The SMILES string of the molecule is Cc1cc(Br)ccc1NC(=O)c1cc2cc(Cl)ccc2n1NC(=O)C(=O)Nc1ccc(Cl)cc1. The van der Waals surface area contributed by atoms with Crippen LogP contribution in [0, 0.1) is 6.92 Å². The highest BCUT2D eigenvalue weighted by Gasteiger charge is 2.21. The van der Waals surface area contributed by atoms with Crippen molar-refractivity contribution in [3.8, 4) is 0 Å².